The van der Waals surface area contributed by atoms with Gasteiger partial charge in [0.25, 0.3) is 0 Å². The third kappa shape index (κ3) is 3.43. The zero-order valence-corrected chi connectivity index (χ0v) is 10.5. The van der Waals surface area contributed by atoms with Gasteiger partial charge in [-0.05, 0) is 50.4 Å². The molecule has 2 nitrogen and oxygen atoms in total. The Morgan fingerprint density at radius 3 is 2.71 bits per heavy atom. The van der Waals surface area contributed by atoms with E-state index >= 15 is 0 Å². The molecule has 17 heavy (non-hydrogen) atoms. The predicted molar refractivity (Wildman–Crippen MR) is 69.9 cm³/mol. The Hall–Kier alpha value is -1.09. The Morgan fingerprint density at radius 1 is 1.29 bits per heavy atom. The largest absolute Gasteiger partial charge is 0.372 e. The van der Waals surface area contributed by atoms with Crippen LogP contribution in [-0.2, 0) is 0 Å². The Bertz CT molecular complexity index is 348. The second kappa shape index (κ2) is 6.01. The van der Waals surface area contributed by atoms with Crippen molar-refractivity contribution in [3.05, 3.63) is 30.1 Å². The van der Waals surface area contributed by atoms with E-state index in [9.17, 15) is 4.39 Å². The second-order valence-corrected chi connectivity index (χ2v) is 4.86. The molecule has 0 radical (unpaired) electrons. The Labute approximate surface area is 103 Å². The Balaban J connectivity index is 1.84. The van der Waals surface area contributed by atoms with Crippen LogP contribution < -0.4 is 10.2 Å². The second-order valence-electron chi connectivity index (χ2n) is 4.86. The van der Waals surface area contributed by atoms with Crippen LogP contribution in [0.2, 0.25) is 0 Å². The Kier molecular flexibility index (Phi) is 4.37. The number of para-hydroxylation sites is 1. The van der Waals surface area contributed by atoms with Crippen molar-refractivity contribution < 1.29 is 4.39 Å². The van der Waals surface area contributed by atoms with E-state index in [1.807, 2.05) is 24.1 Å². The maximum atomic E-state index is 13.6. The maximum absolute atomic E-state index is 13.6. The van der Waals surface area contributed by atoms with E-state index in [0.29, 0.717) is 5.69 Å². The van der Waals surface area contributed by atoms with Crippen LogP contribution in [0.1, 0.15) is 19.3 Å². The monoisotopic (exact) mass is 236 g/mol. The molecule has 3 heteroatoms. The average molecular weight is 236 g/mol. The number of anilines is 1. The third-order valence-electron chi connectivity index (χ3n) is 3.60. The molecular weight excluding hydrogens is 215 g/mol. The van der Waals surface area contributed by atoms with Gasteiger partial charge in [-0.25, -0.2) is 4.39 Å². The molecule has 1 saturated heterocycles. The fourth-order valence-electron chi connectivity index (χ4n) is 2.43. The number of hydrogen-bond donors (Lipinski definition) is 1. The summed E-state index contributed by atoms with van der Waals surface area (Å²) in [5, 5.41) is 3.37. The summed E-state index contributed by atoms with van der Waals surface area (Å²) < 4.78 is 13.6. The van der Waals surface area contributed by atoms with Gasteiger partial charge in [-0.3, -0.25) is 0 Å². The van der Waals surface area contributed by atoms with Gasteiger partial charge in [0.15, 0.2) is 0 Å². The first kappa shape index (κ1) is 12.4. The minimum Gasteiger partial charge on any atom is -0.372 e. The maximum Gasteiger partial charge on any atom is 0.146 e. The number of halogens is 1. The van der Waals surface area contributed by atoms with Crippen molar-refractivity contribution >= 4 is 5.69 Å². The van der Waals surface area contributed by atoms with Crippen LogP contribution in [0.15, 0.2) is 24.3 Å². The first-order chi connectivity index (χ1) is 8.27. The average Bonchev–Trinajstić information content (AvgIpc) is 2.38. The van der Waals surface area contributed by atoms with Crippen LogP contribution >= 0.6 is 0 Å². The minimum atomic E-state index is -0.125. The topological polar surface area (TPSA) is 15.3 Å². The van der Waals surface area contributed by atoms with E-state index in [4.69, 9.17) is 0 Å². The van der Waals surface area contributed by atoms with Crippen LogP contribution in [0, 0.1) is 11.7 Å². The summed E-state index contributed by atoms with van der Waals surface area (Å²) in [4.78, 5) is 2.03. The molecule has 1 N–H and O–H groups in total. The number of benzene rings is 1. The van der Waals surface area contributed by atoms with Gasteiger partial charge < -0.3 is 10.2 Å². The van der Waals surface area contributed by atoms with Gasteiger partial charge in [0.1, 0.15) is 5.82 Å². The molecule has 0 aliphatic carbocycles. The SMILES string of the molecule is CN(CCC1CCNCC1)c1ccccc1F. The summed E-state index contributed by atoms with van der Waals surface area (Å²) in [7, 11) is 1.97. The van der Waals surface area contributed by atoms with Crippen molar-refractivity contribution in [2.45, 2.75) is 19.3 Å². The first-order valence-electron chi connectivity index (χ1n) is 6.44. The van der Waals surface area contributed by atoms with Crippen molar-refractivity contribution in [3.63, 3.8) is 0 Å². The quantitative estimate of drug-likeness (QED) is 0.864. The van der Waals surface area contributed by atoms with Crippen LogP contribution in [0.5, 0.6) is 0 Å². The molecule has 0 amide bonds. The van der Waals surface area contributed by atoms with Gasteiger partial charge >= 0.3 is 0 Å². The van der Waals surface area contributed by atoms with Crippen LogP contribution in [-0.4, -0.2) is 26.7 Å². The first-order valence-corrected chi connectivity index (χ1v) is 6.44. The highest BCUT2D eigenvalue weighted by Crippen LogP contribution is 2.20. The molecule has 1 aromatic rings. The van der Waals surface area contributed by atoms with Crippen molar-refractivity contribution in [2.75, 3.05) is 31.6 Å². The lowest BCUT2D eigenvalue weighted by atomic mass is 9.94. The molecule has 0 atom stereocenters. The van der Waals surface area contributed by atoms with Crippen LogP contribution in [0.25, 0.3) is 0 Å². The summed E-state index contributed by atoms with van der Waals surface area (Å²) in [6.45, 7) is 3.20. The van der Waals surface area contributed by atoms with Crippen molar-refractivity contribution in [1.82, 2.24) is 5.32 Å². The highest BCUT2D eigenvalue weighted by Gasteiger charge is 2.14. The fourth-order valence-corrected chi connectivity index (χ4v) is 2.43. The molecule has 94 valence electrons. The molecular formula is C14H21FN2. The number of hydrogen-bond acceptors (Lipinski definition) is 2. The third-order valence-corrected chi connectivity index (χ3v) is 3.60. The molecule has 0 unspecified atom stereocenters. The number of nitrogens with zero attached hydrogens (tertiary/aromatic N) is 1. The number of piperidine rings is 1. The van der Waals surface area contributed by atoms with Gasteiger partial charge in [-0.1, -0.05) is 12.1 Å². The Morgan fingerprint density at radius 2 is 2.00 bits per heavy atom. The molecule has 0 spiro atoms. The van der Waals surface area contributed by atoms with Crippen LogP contribution in [0.4, 0.5) is 10.1 Å². The number of rotatable bonds is 4. The van der Waals surface area contributed by atoms with Crippen molar-refractivity contribution in [3.8, 4) is 0 Å². The molecule has 1 aliphatic rings. The molecule has 0 saturated carbocycles. The van der Waals surface area contributed by atoms with Gasteiger partial charge in [0.05, 0.1) is 5.69 Å². The zero-order valence-electron chi connectivity index (χ0n) is 10.5. The normalized spacial score (nSPS) is 17.1. The van der Waals surface area contributed by atoms with Gasteiger partial charge in [0, 0.05) is 13.6 Å². The van der Waals surface area contributed by atoms with Crippen molar-refractivity contribution in [2.24, 2.45) is 5.92 Å². The fraction of sp³-hybridized carbons (Fsp3) is 0.571. The van der Waals surface area contributed by atoms with Gasteiger partial charge in [-0.15, -0.1) is 0 Å². The smallest absolute Gasteiger partial charge is 0.146 e. The predicted octanol–water partition coefficient (Wildman–Crippen LogP) is 2.65. The van der Waals surface area contributed by atoms with E-state index in [1.165, 1.54) is 18.9 Å². The van der Waals surface area contributed by atoms with E-state index in [-0.39, 0.29) is 5.82 Å². The van der Waals surface area contributed by atoms with Crippen molar-refractivity contribution in [1.29, 1.82) is 0 Å². The highest BCUT2D eigenvalue weighted by atomic mass is 19.1. The minimum absolute atomic E-state index is 0.125. The lowest BCUT2D eigenvalue weighted by molar-refractivity contribution is 0.356. The molecule has 1 aliphatic heterocycles. The summed E-state index contributed by atoms with van der Waals surface area (Å²) in [5.74, 6) is 0.672. The van der Waals surface area contributed by atoms with E-state index in [2.05, 4.69) is 5.32 Å². The molecule has 1 heterocycles. The summed E-state index contributed by atoms with van der Waals surface area (Å²) >= 11 is 0. The van der Waals surface area contributed by atoms with E-state index < -0.39 is 0 Å². The molecule has 0 aromatic heterocycles. The summed E-state index contributed by atoms with van der Waals surface area (Å²) in [5.41, 5.74) is 0.710. The standard InChI is InChI=1S/C14H21FN2/c1-17(14-5-3-2-4-13(14)15)11-8-12-6-9-16-10-7-12/h2-5,12,16H,6-11H2,1H3. The highest BCUT2D eigenvalue weighted by molar-refractivity contribution is 5.46. The van der Waals surface area contributed by atoms with Gasteiger partial charge in [0.2, 0.25) is 0 Å². The molecule has 1 aromatic carbocycles. The lowest BCUT2D eigenvalue weighted by Gasteiger charge is -2.26. The number of nitrogens with one attached hydrogen (secondary N) is 1. The lowest BCUT2D eigenvalue weighted by Crippen LogP contribution is -2.30. The van der Waals surface area contributed by atoms with Crippen LogP contribution in [0.3, 0.4) is 0 Å². The summed E-state index contributed by atoms with van der Waals surface area (Å²) in [6, 6.07) is 6.99. The summed E-state index contributed by atoms with van der Waals surface area (Å²) in [6.07, 6.45) is 3.67. The molecule has 2 rings (SSSR count). The zero-order chi connectivity index (χ0) is 12.1. The molecule has 0 bridgehead atoms. The van der Waals surface area contributed by atoms with Gasteiger partial charge in [-0.2, -0.15) is 0 Å². The van der Waals surface area contributed by atoms with E-state index in [1.54, 1.807) is 6.07 Å². The van der Waals surface area contributed by atoms with E-state index in [0.717, 1.165) is 32.0 Å². The molecule has 1 fully saturated rings.